The van der Waals surface area contributed by atoms with Crippen LogP contribution in [0, 0.1) is 6.92 Å². The first-order valence-corrected chi connectivity index (χ1v) is 4.36. The number of hydrogen-bond donors (Lipinski definition) is 1. The highest BCUT2D eigenvalue weighted by Gasteiger charge is 1.99. The maximum Gasteiger partial charge on any atom is 0.364 e. The molecule has 0 amide bonds. The Morgan fingerprint density at radius 2 is 2.20 bits per heavy atom. The van der Waals surface area contributed by atoms with Crippen molar-refractivity contribution >= 4 is 6.21 Å². The lowest BCUT2D eigenvalue weighted by Gasteiger charge is -1.92. The highest BCUT2D eigenvalue weighted by atomic mass is 16.2. The summed E-state index contributed by atoms with van der Waals surface area (Å²) in [6.45, 7) is 1.70. The van der Waals surface area contributed by atoms with E-state index in [0.29, 0.717) is 5.82 Å². The van der Waals surface area contributed by atoms with Gasteiger partial charge in [-0.25, -0.2) is 9.89 Å². The van der Waals surface area contributed by atoms with Gasteiger partial charge in [0.2, 0.25) is 0 Å². The number of rotatable bonds is 2. The van der Waals surface area contributed by atoms with Crippen LogP contribution in [-0.2, 0) is 0 Å². The average Bonchev–Trinajstić information content (AvgIpc) is 2.58. The Labute approximate surface area is 85.3 Å². The molecule has 2 rings (SSSR count). The summed E-state index contributed by atoms with van der Waals surface area (Å²) in [6.07, 6.45) is 4.89. The number of H-pyrrole nitrogens is 1. The van der Waals surface area contributed by atoms with Crippen LogP contribution in [0.3, 0.4) is 0 Å². The minimum atomic E-state index is -0.349. The lowest BCUT2D eigenvalue weighted by molar-refractivity contribution is 0.800. The van der Waals surface area contributed by atoms with E-state index in [1.807, 2.05) is 0 Å². The molecular formula is C9H9N5O. The summed E-state index contributed by atoms with van der Waals surface area (Å²) in [5.74, 6) is 0.519. The predicted octanol–water partition coefficient (Wildman–Crippen LogP) is 0.157. The van der Waals surface area contributed by atoms with E-state index in [4.69, 9.17) is 0 Å². The number of aryl methyl sites for hydroxylation is 1. The molecule has 0 aliphatic heterocycles. The number of aromatic nitrogens is 4. The van der Waals surface area contributed by atoms with Crippen LogP contribution in [0.25, 0.3) is 0 Å². The second kappa shape index (κ2) is 3.87. The van der Waals surface area contributed by atoms with Gasteiger partial charge in [0.05, 0.1) is 6.21 Å². The Bertz CT molecular complexity index is 525. The third-order valence-electron chi connectivity index (χ3n) is 1.84. The summed E-state index contributed by atoms with van der Waals surface area (Å²) >= 11 is 0. The number of pyridine rings is 1. The third-order valence-corrected chi connectivity index (χ3v) is 1.84. The molecule has 2 aromatic rings. The Morgan fingerprint density at radius 1 is 1.47 bits per heavy atom. The molecule has 2 heterocycles. The summed E-state index contributed by atoms with van der Waals surface area (Å²) in [5.41, 5.74) is 0.523. The number of aromatic amines is 1. The van der Waals surface area contributed by atoms with Crippen molar-refractivity contribution in [3.8, 4) is 0 Å². The molecule has 0 bridgehead atoms. The molecule has 0 unspecified atom stereocenters. The van der Waals surface area contributed by atoms with Crippen molar-refractivity contribution in [2.45, 2.75) is 6.92 Å². The van der Waals surface area contributed by atoms with Crippen LogP contribution in [0.2, 0.25) is 0 Å². The highest BCUT2D eigenvalue weighted by Crippen LogP contribution is 1.92. The molecular weight excluding hydrogens is 194 g/mol. The molecule has 0 aromatic carbocycles. The van der Waals surface area contributed by atoms with E-state index < -0.39 is 0 Å². The maximum absolute atomic E-state index is 11.2. The summed E-state index contributed by atoms with van der Waals surface area (Å²) < 4.78 is 1.19. The molecule has 2 aromatic heterocycles. The minimum Gasteiger partial charge on any atom is -0.265 e. The van der Waals surface area contributed by atoms with Crippen LogP contribution in [0.1, 0.15) is 11.4 Å². The van der Waals surface area contributed by atoms with E-state index >= 15 is 0 Å². The number of hydrogen-bond acceptors (Lipinski definition) is 4. The van der Waals surface area contributed by atoms with Crippen molar-refractivity contribution in [3.05, 3.63) is 46.4 Å². The fraction of sp³-hybridized carbons (Fsp3) is 0.111. The molecule has 0 spiro atoms. The zero-order chi connectivity index (χ0) is 10.7. The third kappa shape index (κ3) is 1.98. The van der Waals surface area contributed by atoms with Crippen LogP contribution in [-0.4, -0.2) is 26.1 Å². The Morgan fingerprint density at radius 3 is 2.80 bits per heavy atom. The van der Waals surface area contributed by atoms with Gasteiger partial charge in [-0.15, -0.1) is 0 Å². The topological polar surface area (TPSA) is 75.9 Å². The molecule has 76 valence electrons. The highest BCUT2D eigenvalue weighted by molar-refractivity contribution is 5.78. The molecule has 0 aliphatic rings. The van der Waals surface area contributed by atoms with Crippen molar-refractivity contribution in [2.24, 2.45) is 5.10 Å². The molecule has 6 nitrogen and oxygen atoms in total. The SMILES string of the molecule is Cc1n[nH]c(=O)n1/N=C\c1ccncc1. The second-order valence-electron chi connectivity index (χ2n) is 2.91. The first-order chi connectivity index (χ1) is 7.27. The van der Waals surface area contributed by atoms with E-state index in [-0.39, 0.29) is 5.69 Å². The van der Waals surface area contributed by atoms with Gasteiger partial charge in [-0.05, 0) is 24.6 Å². The largest absolute Gasteiger partial charge is 0.364 e. The van der Waals surface area contributed by atoms with Crippen LogP contribution in [0.4, 0.5) is 0 Å². The zero-order valence-electron chi connectivity index (χ0n) is 8.08. The average molecular weight is 203 g/mol. The monoisotopic (exact) mass is 203 g/mol. The Balaban J connectivity index is 2.30. The van der Waals surface area contributed by atoms with Crippen molar-refractivity contribution < 1.29 is 0 Å². The molecule has 0 atom stereocenters. The Kier molecular flexibility index (Phi) is 2.40. The standard InChI is InChI=1S/C9H9N5O/c1-7-12-13-9(15)14(7)11-6-8-2-4-10-5-3-8/h2-6H,1H3,(H,13,15)/b11-6-. The zero-order valence-corrected chi connectivity index (χ0v) is 8.08. The van der Waals surface area contributed by atoms with Gasteiger partial charge in [-0.1, -0.05) is 0 Å². The number of nitrogens with zero attached hydrogens (tertiary/aromatic N) is 4. The lowest BCUT2D eigenvalue weighted by atomic mass is 10.3. The van der Waals surface area contributed by atoms with Crippen molar-refractivity contribution in [1.82, 2.24) is 19.9 Å². The molecule has 0 saturated carbocycles. The van der Waals surface area contributed by atoms with Crippen LogP contribution in [0.5, 0.6) is 0 Å². The first kappa shape index (κ1) is 9.32. The van der Waals surface area contributed by atoms with Crippen molar-refractivity contribution in [1.29, 1.82) is 0 Å². The second-order valence-corrected chi connectivity index (χ2v) is 2.91. The van der Waals surface area contributed by atoms with Crippen LogP contribution < -0.4 is 5.69 Å². The summed E-state index contributed by atoms with van der Waals surface area (Å²) in [4.78, 5) is 15.1. The van der Waals surface area contributed by atoms with E-state index in [9.17, 15) is 4.79 Å². The fourth-order valence-electron chi connectivity index (χ4n) is 1.08. The summed E-state index contributed by atoms with van der Waals surface area (Å²) in [6, 6.07) is 3.59. The molecule has 6 heteroatoms. The lowest BCUT2D eigenvalue weighted by Crippen LogP contribution is -2.13. The van der Waals surface area contributed by atoms with Gasteiger partial charge in [-0.3, -0.25) is 4.98 Å². The summed E-state index contributed by atoms with van der Waals surface area (Å²) in [5, 5.41) is 10.0. The molecule has 15 heavy (non-hydrogen) atoms. The van der Waals surface area contributed by atoms with Gasteiger partial charge >= 0.3 is 5.69 Å². The quantitative estimate of drug-likeness (QED) is 0.706. The van der Waals surface area contributed by atoms with Crippen molar-refractivity contribution in [3.63, 3.8) is 0 Å². The van der Waals surface area contributed by atoms with Gasteiger partial charge in [0.15, 0.2) is 5.82 Å². The minimum absolute atomic E-state index is 0.349. The predicted molar refractivity (Wildman–Crippen MR) is 54.8 cm³/mol. The normalized spacial score (nSPS) is 11.0. The summed E-state index contributed by atoms with van der Waals surface area (Å²) in [7, 11) is 0. The van der Waals surface area contributed by atoms with Gasteiger partial charge < -0.3 is 0 Å². The van der Waals surface area contributed by atoms with Gasteiger partial charge in [0.1, 0.15) is 0 Å². The molecule has 0 radical (unpaired) electrons. The maximum atomic E-state index is 11.2. The van der Waals surface area contributed by atoms with Gasteiger partial charge in [-0.2, -0.15) is 14.9 Å². The fourth-order valence-corrected chi connectivity index (χ4v) is 1.08. The van der Waals surface area contributed by atoms with E-state index in [2.05, 4.69) is 20.3 Å². The molecule has 1 N–H and O–H groups in total. The molecule has 0 saturated heterocycles. The van der Waals surface area contributed by atoms with Gasteiger partial charge in [0, 0.05) is 12.4 Å². The van der Waals surface area contributed by atoms with Crippen molar-refractivity contribution in [2.75, 3.05) is 0 Å². The molecule has 0 aliphatic carbocycles. The van der Waals surface area contributed by atoms with E-state index in [1.165, 1.54) is 4.68 Å². The van der Waals surface area contributed by atoms with E-state index in [0.717, 1.165) is 5.56 Å². The molecule has 0 fully saturated rings. The van der Waals surface area contributed by atoms with E-state index in [1.54, 1.807) is 37.7 Å². The van der Waals surface area contributed by atoms with Crippen LogP contribution in [0.15, 0.2) is 34.4 Å². The van der Waals surface area contributed by atoms with Crippen LogP contribution >= 0.6 is 0 Å². The smallest absolute Gasteiger partial charge is 0.265 e. The first-order valence-electron chi connectivity index (χ1n) is 4.36. The Hall–Kier alpha value is -2.24. The van der Waals surface area contributed by atoms with Gasteiger partial charge in [0.25, 0.3) is 0 Å². The number of nitrogens with one attached hydrogen (secondary N) is 1.